The molecule has 0 saturated carbocycles. The van der Waals surface area contributed by atoms with Crippen molar-refractivity contribution in [2.45, 2.75) is 48.1 Å². The molecule has 8 heterocycles. The lowest BCUT2D eigenvalue weighted by atomic mass is 10.1. The van der Waals surface area contributed by atoms with Crippen LogP contribution in [-0.2, 0) is 27.7 Å². The number of hydrogen-bond acceptors (Lipinski definition) is 13. The molecule has 6 N–H and O–H groups in total. The van der Waals surface area contributed by atoms with Crippen LogP contribution >= 0.6 is 0 Å². The molecule has 0 amide bonds. The second kappa shape index (κ2) is 13.8. The van der Waals surface area contributed by atoms with E-state index in [1.54, 1.807) is 23.4 Å². The summed E-state index contributed by atoms with van der Waals surface area (Å²) in [7, 11) is 5.67. The van der Waals surface area contributed by atoms with Gasteiger partial charge in [-0.2, -0.15) is 10.2 Å². The van der Waals surface area contributed by atoms with Crippen LogP contribution in [0.1, 0.15) is 35.3 Å². The fraction of sp³-hybridized carbons (Fsp3) is 0.312. The number of pyridine rings is 2. The van der Waals surface area contributed by atoms with Crippen LogP contribution in [0.3, 0.4) is 0 Å². The van der Waals surface area contributed by atoms with Gasteiger partial charge in [-0.25, -0.2) is 44.6 Å². The van der Waals surface area contributed by atoms with E-state index in [0.717, 1.165) is 51.3 Å². The van der Waals surface area contributed by atoms with E-state index in [1.165, 1.54) is 22.8 Å². The van der Waals surface area contributed by atoms with E-state index in [2.05, 4.69) is 70.8 Å². The van der Waals surface area contributed by atoms with Crippen molar-refractivity contribution in [3.63, 3.8) is 0 Å². The Labute approximate surface area is 282 Å². The summed E-state index contributed by atoms with van der Waals surface area (Å²) in [5, 5.41) is 10.3. The minimum Gasteiger partial charge on any atom is -0.383 e. The highest BCUT2D eigenvalue weighted by molar-refractivity contribution is 5.87. The second-order valence-corrected chi connectivity index (χ2v) is 11.5. The van der Waals surface area contributed by atoms with Crippen LogP contribution < -0.4 is 17.2 Å². The van der Waals surface area contributed by atoms with Crippen LogP contribution in [0.15, 0.2) is 37.4 Å². The van der Waals surface area contributed by atoms with E-state index >= 15 is 0 Å². The van der Waals surface area contributed by atoms with Crippen LogP contribution in [0.2, 0.25) is 0 Å². The Balaban J connectivity index is 0.000000127. The number of aromatic nitrogens is 14. The van der Waals surface area contributed by atoms with Gasteiger partial charge < -0.3 is 26.3 Å². The van der Waals surface area contributed by atoms with Crippen molar-refractivity contribution in [2.75, 3.05) is 17.2 Å². The first-order valence-electron chi connectivity index (χ1n) is 15.4. The smallest absolute Gasteiger partial charge is 0.165 e. The Morgan fingerprint density at radius 1 is 0.633 bits per heavy atom. The van der Waals surface area contributed by atoms with Gasteiger partial charge in [0.25, 0.3) is 0 Å². The maximum absolute atomic E-state index is 5.67. The lowest BCUT2D eigenvalue weighted by Crippen LogP contribution is -1.98. The van der Waals surface area contributed by atoms with E-state index in [1.807, 2.05) is 68.1 Å². The van der Waals surface area contributed by atoms with E-state index < -0.39 is 0 Å². The predicted molar refractivity (Wildman–Crippen MR) is 191 cm³/mol. The van der Waals surface area contributed by atoms with Crippen molar-refractivity contribution in [1.29, 1.82) is 0 Å². The molecule has 17 nitrogen and oxygen atoms in total. The van der Waals surface area contributed by atoms with Gasteiger partial charge >= 0.3 is 0 Å². The van der Waals surface area contributed by atoms with Gasteiger partial charge in [0, 0.05) is 45.5 Å². The third-order valence-electron chi connectivity index (χ3n) is 8.08. The molecule has 0 saturated heterocycles. The van der Waals surface area contributed by atoms with Gasteiger partial charge in [0.1, 0.15) is 29.3 Å². The lowest BCUT2D eigenvalue weighted by molar-refractivity contribution is 0.676. The Bertz CT molecular complexity index is 2410. The lowest BCUT2D eigenvalue weighted by Gasteiger charge is -2.01. The number of nitrogens with two attached hydrogens (primary N) is 3. The van der Waals surface area contributed by atoms with Crippen molar-refractivity contribution in [3.8, 4) is 0 Å². The molecule has 8 aromatic heterocycles. The summed E-state index contributed by atoms with van der Waals surface area (Å²) in [6.45, 7) is 12.8. The Morgan fingerprint density at radius 3 is 2.02 bits per heavy atom. The molecule has 254 valence electrons. The van der Waals surface area contributed by atoms with Gasteiger partial charge in [-0.3, -0.25) is 4.68 Å². The third kappa shape index (κ3) is 6.76. The second-order valence-electron chi connectivity index (χ2n) is 11.5. The van der Waals surface area contributed by atoms with Crippen molar-refractivity contribution >= 4 is 61.7 Å². The van der Waals surface area contributed by atoms with Gasteiger partial charge in [-0.1, -0.05) is 0 Å². The highest BCUT2D eigenvalue weighted by Gasteiger charge is 2.09. The van der Waals surface area contributed by atoms with E-state index in [-0.39, 0.29) is 0 Å². The zero-order chi connectivity index (χ0) is 35.6. The molecule has 8 rings (SSSR count). The summed E-state index contributed by atoms with van der Waals surface area (Å²) in [5.41, 5.74) is 25.6. The first-order valence-corrected chi connectivity index (χ1v) is 15.4. The highest BCUT2D eigenvalue weighted by Crippen LogP contribution is 2.20. The van der Waals surface area contributed by atoms with E-state index in [4.69, 9.17) is 17.2 Å². The molecule has 0 spiro atoms. The third-order valence-corrected chi connectivity index (χ3v) is 8.08. The summed E-state index contributed by atoms with van der Waals surface area (Å²) < 4.78 is 7.43. The molecule has 17 heteroatoms. The van der Waals surface area contributed by atoms with Crippen LogP contribution in [-0.4, -0.2) is 68.6 Å². The van der Waals surface area contributed by atoms with E-state index in [0.29, 0.717) is 28.8 Å². The molecular weight excluding hydrogens is 622 g/mol. The topological polar surface area (TPSA) is 227 Å². The van der Waals surface area contributed by atoms with Crippen molar-refractivity contribution in [3.05, 3.63) is 65.8 Å². The minimum atomic E-state index is 0.434. The van der Waals surface area contributed by atoms with Gasteiger partial charge in [0.15, 0.2) is 34.1 Å². The molecule has 49 heavy (non-hydrogen) atoms. The van der Waals surface area contributed by atoms with Crippen LogP contribution in [0.25, 0.3) is 44.3 Å². The summed E-state index contributed by atoms with van der Waals surface area (Å²) in [4.78, 5) is 32.9. The van der Waals surface area contributed by atoms with Gasteiger partial charge in [-0.05, 0) is 58.2 Å². The Morgan fingerprint density at radius 2 is 1.33 bits per heavy atom. The molecule has 0 radical (unpaired) electrons. The Kier molecular flexibility index (Phi) is 9.63. The first kappa shape index (κ1) is 34.1. The number of fused-ring (bicyclic) bond motifs is 4. The summed E-state index contributed by atoms with van der Waals surface area (Å²) in [6.07, 6.45) is 10.4. The molecule has 0 aromatic carbocycles. The highest BCUT2D eigenvalue weighted by atomic mass is 15.3. The Hall–Kier alpha value is -6.26. The molecule has 0 unspecified atom stereocenters. The molecular formula is C32H41N17. The number of rotatable bonds is 1. The van der Waals surface area contributed by atoms with E-state index in [9.17, 15) is 0 Å². The molecule has 0 bridgehead atoms. The van der Waals surface area contributed by atoms with Crippen molar-refractivity contribution in [2.24, 2.45) is 21.1 Å². The average molecular weight is 664 g/mol. The maximum Gasteiger partial charge on any atom is 0.165 e. The maximum atomic E-state index is 5.67. The number of imidazole rings is 2. The van der Waals surface area contributed by atoms with Crippen LogP contribution in [0.5, 0.6) is 0 Å². The zero-order valence-corrected chi connectivity index (χ0v) is 29.2. The molecule has 0 atom stereocenters. The quantitative estimate of drug-likeness (QED) is 0.229. The SMILES string of the molecule is CCn1ncc2c(C)c(C)cnc21.Cc1cnc(N)c2ncn(C)c12.Cc1nc(N)c2cnn(C)c2n1.Cc1nc2c(N)ncnc2n1C. The summed E-state index contributed by atoms with van der Waals surface area (Å²) in [5.74, 6) is 2.98. The zero-order valence-electron chi connectivity index (χ0n) is 29.2. The molecule has 0 aliphatic rings. The van der Waals surface area contributed by atoms with Gasteiger partial charge in [-0.15, -0.1) is 0 Å². The number of nitrogens with zero attached hydrogens (tertiary/aromatic N) is 14. The number of hydrogen-bond donors (Lipinski definition) is 3. The van der Waals surface area contributed by atoms with Gasteiger partial charge in [0.2, 0.25) is 0 Å². The van der Waals surface area contributed by atoms with Crippen LogP contribution in [0, 0.1) is 34.6 Å². The molecule has 0 fully saturated rings. The fourth-order valence-electron chi connectivity index (χ4n) is 5.13. The molecule has 0 aliphatic carbocycles. The number of aryl methyl sites for hydroxylation is 9. The summed E-state index contributed by atoms with van der Waals surface area (Å²) >= 11 is 0. The monoisotopic (exact) mass is 663 g/mol. The summed E-state index contributed by atoms with van der Waals surface area (Å²) in [6, 6.07) is 0. The predicted octanol–water partition coefficient (Wildman–Crippen LogP) is 3.43. The largest absolute Gasteiger partial charge is 0.383 e. The van der Waals surface area contributed by atoms with Crippen molar-refractivity contribution < 1.29 is 0 Å². The minimum absolute atomic E-state index is 0.434. The van der Waals surface area contributed by atoms with Gasteiger partial charge in [0.05, 0.1) is 29.6 Å². The fourth-order valence-corrected chi connectivity index (χ4v) is 5.13. The van der Waals surface area contributed by atoms with Crippen LogP contribution in [0.4, 0.5) is 17.5 Å². The molecule has 0 aliphatic heterocycles. The molecule has 8 aromatic rings. The first-order chi connectivity index (χ1) is 23.3. The number of nitrogen functional groups attached to an aromatic ring is 3. The number of anilines is 3. The standard InChI is InChI=1S/C10H13N3.C8H10N4.2C7H9N5/c1-4-13-10-9(6-12-13)8(3)7(2)5-11-10;1-5-3-10-8(9)6-7(5)12(2)4-11-6;1-4-11-5-6(8)9-3-10-7(5)12(4)2;1-4-10-6(8)5-3-9-12(2)7(5)11-4/h5-6H,4H2,1-3H3;3-4H,1-2H3,(H2,9,10);3H,1-2H3,(H2,8,9,10);3H,1-2H3,(H2,8,10,11). The normalized spacial score (nSPS) is 10.9. The average Bonchev–Trinajstić information content (AvgIpc) is 3.85. The van der Waals surface area contributed by atoms with Crippen molar-refractivity contribution in [1.82, 2.24) is 68.6 Å².